The molecule has 6 nitrogen and oxygen atoms in total. The van der Waals surface area contributed by atoms with Crippen molar-refractivity contribution in [3.05, 3.63) is 89.4 Å². The molecular formula is C22H24N4O2. The predicted molar refractivity (Wildman–Crippen MR) is 109 cm³/mol. The van der Waals surface area contributed by atoms with E-state index < -0.39 is 0 Å². The molecule has 2 N–H and O–H groups in total. The fourth-order valence-electron chi connectivity index (χ4n) is 2.89. The zero-order chi connectivity index (χ0) is 19.8. The zero-order valence-electron chi connectivity index (χ0n) is 15.9. The van der Waals surface area contributed by atoms with Crippen molar-refractivity contribution in [2.75, 3.05) is 18.5 Å². The molecule has 0 atom stereocenters. The molecule has 3 rings (SSSR count). The summed E-state index contributed by atoms with van der Waals surface area (Å²) >= 11 is 0. The summed E-state index contributed by atoms with van der Waals surface area (Å²) in [5, 5.41) is 12.0. The molecule has 0 saturated heterocycles. The van der Waals surface area contributed by atoms with E-state index in [9.17, 15) is 4.79 Å². The number of pyridine rings is 2. The zero-order valence-corrected chi connectivity index (χ0v) is 15.9. The molecule has 0 unspecified atom stereocenters. The first-order valence-electron chi connectivity index (χ1n) is 9.20. The molecule has 2 heterocycles. The van der Waals surface area contributed by atoms with Crippen LogP contribution in [0.2, 0.25) is 0 Å². The minimum Gasteiger partial charge on any atom is -0.392 e. The van der Waals surface area contributed by atoms with Crippen LogP contribution >= 0.6 is 0 Å². The van der Waals surface area contributed by atoms with Gasteiger partial charge in [0.05, 0.1) is 6.61 Å². The number of rotatable bonds is 8. The lowest BCUT2D eigenvalue weighted by atomic mass is 10.1. The van der Waals surface area contributed by atoms with Gasteiger partial charge in [-0.05, 0) is 35.9 Å². The second-order valence-corrected chi connectivity index (χ2v) is 6.52. The highest BCUT2D eigenvalue weighted by atomic mass is 16.3. The van der Waals surface area contributed by atoms with Gasteiger partial charge in [0.1, 0.15) is 5.82 Å². The van der Waals surface area contributed by atoms with E-state index in [0.29, 0.717) is 12.1 Å². The highest BCUT2D eigenvalue weighted by Gasteiger charge is 2.11. The molecule has 1 aromatic carbocycles. The summed E-state index contributed by atoms with van der Waals surface area (Å²) in [6.07, 6.45) is 4.37. The number of anilines is 1. The van der Waals surface area contributed by atoms with E-state index in [0.717, 1.165) is 35.6 Å². The highest BCUT2D eigenvalue weighted by molar-refractivity contribution is 5.94. The molecule has 0 aliphatic heterocycles. The van der Waals surface area contributed by atoms with Crippen LogP contribution < -0.4 is 10.2 Å². The first kappa shape index (κ1) is 19.5. The quantitative estimate of drug-likeness (QED) is 0.632. The third kappa shape index (κ3) is 5.14. The maximum absolute atomic E-state index is 12.4. The number of amides is 1. The molecule has 0 aliphatic rings. The van der Waals surface area contributed by atoms with Crippen molar-refractivity contribution < 1.29 is 9.90 Å². The Hall–Kier alpha value is -3.25. The van der Waals surface area contributed by atoms with E-state index in [1.807, 2.05) is 37.4 Å². The monoisotopic (exact) mass is 376 g/mol. The van der Waals surface area contributed by atoms with Gasteiger partial charge < -0.3 is 15.3 Å². The molecule has 0 saturated carbocycles. The molecule has 6 heteroatoms. The number of carbonyl (C=O) groups is 1. The Balaban J connectivity index is 1.61. The summed E-state index contributed by atoms with van der Waals surface area (Å²) in [5.41, 5.74) is 3.32. The number of hydrogen-bond acceptors (Lipinski definition) is 5. The van der Waals surface area contributed by atoms with Gasteiger partial charge in [-0.2, -0.15) is 0 Å². The maximum atomic E-state index is 12.4. The van der Waals surface area contributed by atoms with Crippen LogP contribution in [0.5, 0.6) is 0 Å². The van der Waals surface area contributed by atoms with Crippen molar-refractivity contribution in [3.63, 3.8) is 0 Å². The van der Waals surface area contributed by atoms with Gasteiger partial charge in [-0.25, -0.2) is 4.98 Å². The standard InChI is InChI=1S/C22H24N4O2/c1-26(14-11-20-6-2-3-12-23-20)21-19(5-4-13-24-21)15-25-22(28)18-9-7-17(16-27)8-10-18/h2-10,12-13,27H,11,14-16H2,1H3,(H,25,28). The van der Waals surface area contributed by atoms with Crippen molar-refractivity contribution in [1.82, 2.24) is 15.3 Å². The summed E-state index contributed by atoms with van der Waals surface area (Å²) in [5.74, 6) is 0.685. The summed E-state index contributed by atoms with van der Waals surface area (Å²) in [4.78, 5) is 23.3. The van der Waals surface area contributed by atoms with Crippen LogP contribution in [0.25, 0.3) is 0 Å². The Labute approximate surface area is 164 Å². The van der Waals surface area contributed by atoms with Gasteiger partial charge in [-0.1, -0.05) is 24.3 Å². The van der Waals surface area contributed by atoms with Crippen LogP contribution in [-0.2, 0) is 19.6 Å². The van der Waals surface area contributed by atoms with E-state index in [2.05, 4.69) is 20.2 Å². The fourth-order valence-corrected chi connectivity index (χ4v) is 2.89. The molecule has 0 radical (unpaired) electrons. The Morgan fingerprint density at radius 1 is 1.04 bits per heavy atom. The van der Waals surface area contributed by atoms with Crippen LogP contribution in [0.1, 0.15) is 27.2 Å². The second-order valence-electron chi connectivity index (χ2n) is 6.52. The SMILES string of the molecule is CN(CCc1ccccn1)c1ncccc1CNC(=O)c1ccc(CO)cc1. The minimum absolute atomic E-state index is 0.0359. The van der Waals surface area contributed by atoms with Crippen molar-refractivity contribution in [1.29, 1.82) is 0 Å². The molecule has 0 spiro atoms. The Kier molecular flexibility index (Phi) is 6.70. The normalized spacial score (nSPS) is 10.5. The number of hydrogen-bond donors (Lipinski definition) is 2. The topological polar surface area (TPSA) is 78.4 Å². The second kappa shape index (κ2) is 9.62. The van der Waals surface area contributed by atoms with Gasteiger partial charge >= 0.3 is 0 Å². The summed E-state index contributed by atoms with van der Waals surface area (Å²) < 4.78 is 0. The number of benzene rings is 1. The van der Waals surface area contributed by atoms with E-state index in [-0.39, 0.29) is 12.5 Å². The maximum Gasteiger partial charge on any atom is 0.251 e. The average Bonchev–Trinajstić information content (AvgIpc) is 2.76. The number of carbonyl (C=O) groups excluding carboxylic acids is 1. The van der Waals surface area contributed by atoms with Gasteiger partial charge in [0.2, 0.25) is 0 Å². The predicted octanol–water partition coefficient (Wildman–Crippen LogP) is 2.58. The van der Waals surface area contributed by atoms with Crippen molar-refractivity contribution >= 4 is 11.7 Å². The largest absolute Gasteiger partial charge is 0.392 e. The van der Waals surface area contributed by atoms with Crippen LogP contribution in [0.15, 0.2) is 67.0 Å². The fraction of sp³-hybridized carbons (Fsp3) is 0.227. The number of nitrogens with one attached hydrogen (secondary N) is 1. The first-order valence-corrected chi connectivity index (χ1v) is 9.20. The average molecular weight is 376 g/mol. The number of aromatic nitrogens is 2. The van der Waals surface area contributed by atoms with Crippen LogP contribution in [0.4, 0.5) is 5.82 Å². The lowest BCUT2D eigenvalue weighted by Gasteiger charge is -2.21. The molecule has 0 fully saturated rings. The minimum atomic E-state index is -0.157. The molecule has 0 aliphatic carbocycles. The number of nitrogens with zero attached hydrogens (tertiary/aromatic N) is 3. The van der Waals surface area contributed by atoms with Gasteiger partial charge in [0.25, 0.3) is 5.91 Å². The van der Waals surface area contributed by atoms with Crippen molar-refractivity contribution in [3.8, 4) is 0 Å². The third-order valence-electron chi connectivity index (χ3n) is 4.50. The Bertz CT molecular complexity index is 898. The lowest BCUT2D eigenvalue weighted by molar-refractivity contribution is 0.0951. The molecule has 144 valence electrons. The Morgan fingerprint density at radius 3 is 2.54 bits per heavy atom. The van der Waals surface area contributed by atoms with Crippen LogP contribution in [-0.4, -0.2) is 34.6 Å². The lowest BCUT2D eigenvalue weighted by Crippen LogP contribution is -2.27. The van der Waals surface area contributed by atoms with Crippen LogP contribution in [0.3, 0.4) is 0 Å². The first-order chi connectivity index (χ1) is 13.7. The van der Waals surface area contributed by atoms with Crippen LogP contribution in [0, 0.1) is 0 Å². The molecule has 1 amide bonds. The third-order valence-corrected chi connectivity index (χ3v) is 4.50. The molecule has 28 heavy (non-hydrogen) atoms. The molecule has 0 bridgehead atoms. The number of likely N-dealkylation sites (N-methyl/N-ethyl adjacent to an activating group) is 1. The van der Waals surface area contributed by atoms with E-state index >= 15 is 0 Å². The van der Waals surface area contributed by atoms with E-state index in [1.54, 1.807) is 36.7 Å². The van der Waals surface area contributed by atoms with Gasteiger partial charge in [0.15, 0.2) is 0 Å². The number of aliphatic hydroxyl groups is 1. The van der Waals surface area contributed by atoms with Crippen molar-refractivity contribution in [2.24, 2.45) is 0 Å². The molecular weight excluding hydrogens is 352 g/mol. The van der Waals surface area contributed by atoms with Crippen molar-refractivity contribution in [2.45, 2.75) is 19.6 Å². The highest BCUT2D eigenvalue weighted by Crippen LogP contribution is 2.16. The smallest absolute Gasteiger partial charge is 0.251 e. The summed E-state index contributed by atoms with van der Waals surface area (Å²) in [6, 6.07) is 16.7. The Morgan fingerprint density at radius 2 is 1.82 bits per heavy atom. The van der Waals surface area contributed by atoms with Gasteiger partial charge in [-0.3, -0.25) is 9.78 Å². The number of aliphatic hydroxyl groups excluding tert-OH is 1. The van der Waals surface area contributed by atoms with E-state index in [1.165, 1.54) is 0 Å². The summed E-state index contributed by atoms with van der Waals surface area (Å²) in [6.45, 7) is 1.13. The summed E-state index contributed by atoms with van der Waals surface area (Å²) in [7, 11) is 1.99. The molecule has 3 aromatic rings. The molecule has 2 aromatic heterocycles. The van der Waals surface area contributed by atoms with Gasteiger partial charge in [-0.15, -0.1) is 0 Å². The van der Waals surface area contributed by atoms with E-state index in [4.69, 9.17) is 5.11 Å². The van der Waals surface area contributed by atoms with Gasteiger partial charge in [0, 0.05) is 55.8 Å².